The van der Waals surface area contributed by atoms with Gasteiger partial charge in [-0.2, -0.15) is 0 Å². The van der Waals surface area contributed by atoms with Crippen molar-refractivity contribution in [3.63, 3.8) is 0 Å². The first kappa shape index (κ1) is 14.4. The summed E-state index contributed by atoms with van der Waals surface area (Å²) >= 11 is 1.43. The Hall–Kier alpha value is -0.980. The van der Waals surface area contributed by atoms with Crippen LogP contribution in [0, 0.1) is 5.41 Å². The van der Waals surface area contributed by atoms with Crippen molar-refractivity contribution in [2.45, 2.75) is 32.7 Å². The van der Waals surface area contributed by atoms with E-state index in [-0.39, 0.29) is 17.4 Å². The molecule has 5 nitrogen and oxygen atoms in total. The van der Waals surface area contributed by atoms with Crippen molar-refractivity contribution in [3.8, 4) is 0 Å². The number of aromatic nitrogens is 1. The number of carbonyl (C=O) groups is 1. The fraction of sp³-hybridized carbons (Fsp3) is 0.692. The average Bonchev–Trinajstić information content (AvgIpc) is 2.87. The molecule has 19 heavy (non-hydrogen) atoms. The van der Waals surface area contributed by atoms with Gasteiger partial charge in [-0.05, 0) is 25.2 Å². The van der Waals surface area contributed by atoms with Gasteiger partial charge in [-0.3, -0.25) is 4.79 Å². The lowest BCUT2D eigenvalue weighted by atomic mass is 9.82. The SMILES string of the molecule is CC(N)c1nc(C(=O)NCC2(C)CCOCC2)cs1. The molecule has 0 radical (unpaired) electrons. The Labute approximate surface area is 117 Å². The van der Waals surface area contributed by atoms with Crippen LogP contribution >= 0.6 is 11.3 Å². The van der Waals surface area contributed by atoms with Crippen LogP contribution in [0.3, 0.4) is 0 Å². The van der Waals surface area contributed by atoms with E-state index in [0.717, 1.165) is 31.1 Å². The van der Waals surface area contributed by atoms with E-state index in [1.807, 2.05) is 6.92 Å². The number of nitrogens with two attached hydrogens (primary N) is 1. The standard InChI is InChI=1S/C13H21N3O2S/c1-9(14)12-16-10(7-19-12)11(17)15-8-13(2)3-5-18-6-4-13/h7,9H,3-6,8,14H2,1-2H3,(H,15,17). The summed E-state index contributed by atoms with van der Waals surface area (Å²) in [5.41, 5.74) is 6.34. The van der Waals surface area contributed by atoms with E-state index in [2.05, 4.69) is 17.2 Å². The molecule has 1 aromatic rings. The third-order valence-corrected chi connectivity index (χ3v) is 4.57. The molecule has 0 aromatic carbocycles. The first-order valence-corrected chi connectivity index (χ1v) is 7.45. The molecule has 1 aliphatic heterocycles. The molecule has 0 aliphatic carbocycles. The van der Waals surface area contributed by atoms with Crippen LogP contribution in [0.15, 0.2) is 5.38 Å². The molecule has 1 aliphatic rings. The van der Waals surface area contributed by atoms with Crippen LogP contribution in [0.1, 0.15) is 48.2 Å². The lowest BCUT2D eigenvalue weighted by Crippen LogP contribution is -2.39. The fourth-order valence-corrected chi connectivity index (χ4v) is 2.78. The van der Waals surface area contributed by atoms with Gasteiger partial charge in [0.05, 0.1) is 6.04 Å². The van der Waals surface area contributed by atoms with Crippen molar-refractivity contribution in [2.24, 2.45) is 11.1 Å². The topological polar surface area (TPSA) is 77.2 Å². The largest absolute Gasteiger partial charge is 0.381 e. The van der Waals surface area contributed by atoms with Gasteiger partial charge in [-0.15, -0.1) is 11.3 Å². The molecule has 2 heterocycles. The molecule has 0 spiro atoms. The number of thiazole rings is 1. The molecule has 1 amide bonds. The molecular formula is C13H21N3O2S. The highest BCUT2D eigenvalue weighted by Gasteiger charge is 2.28. The number of hydrogen-bond acceptors (Lipinski definition) is 5. The maximum Gasteiger partial charge on any atom is 0.270 e. The summed E-state index contributed by atoms with van der Waals surface area (Å²) in [6, 6.07) is -0.125. The Bertz CT molecular complexity index is 439. The van der Waals surface area contributed by atoms with Gasteiger partial charge in [0, 0.05) is 25.1 Å². The molecule has 1 saturated heterocycles. The molecule has 0 bridgehead atoms. The molecule has 2 rings (SSSR count). The van der Waals surface area contributed by atoms with E-state index in [1.54, 1.807) is 5.38 Å². The zero-order valence-corrected chi connectivity index (χ0v) is 12.3. The van der Waals surface area contributed by atoms with Crippen LogP contribution in [-0.2, 0) is 4.74 Å². The minimum atomic E-state index is -0.125. The summed E-state index contributed by atoms with van der Waals surface area (Å²) in [4.78, 5) is 16.3. The quantitative estimate of drug-likeness (QED) is 0.882. The van der Waals surface area contributed by atoms with E-state index in [0.29, 0.717) is 12.2 Å². The van der Waals surface area contributed by atoms with Crippen LogP contribution < -0.4 is 11.1 Å². The first-order chi connectivity index (χ1) is 9.00. The van der Waals surface area contributed by atoms with Crippen molar-refractivity contribution in [1.29, 1.82) is 0 Å². The van der Waals surface area contributed by atoms with Crippen molar-refractivity contribution < 1.29 is 9.53 Å². The average molecular weight is 283 g/mol. The maximum atomic E-state index is 12.0. The number of ether oxygens (including phenoxy) is 1. The normalized spacial score (nSPS) is 19.9. The molecule has 106 valence electrons. The highest BCUT2D eigenvalue weighted by atomic mass is 32.1. The van der Waals surface area contributed by atoms with Crippen LogP contribution in [0.4, 0.5) is 0 Å². The molecule has 3 N–H and O–H groups in total. The summed E-state index contributed by atoms with van der Waals surface area (Å²) in [6.45, 7) is 6.27. The summed E-state index contributed by atoms with van der Waals surface area (Å²) in [6.07, 6.45) is 1.96. The Morgan fingerprint density at radius 2 is 2.32 bits per heavy atom. The van der Waals surface area contributed by atoms with Crippen molar-refractivity contribution in [3.05, 3.63) is 16.1 Å². The zero-order valence-electron chi connectivity index (χ0n) is 11.4. The summed E-state index contributed by atoms with van der Waals surface area (Å²) in [5, 5.41) is 5.53. The Morgan fingerprint density at radius 1 is 1.63 bits per heavy atom. The second-order valence-corrected chi connectivity index (χ2v) is 6.36. The highest BCUT2D eigenvalue weighted by molar-refractivity contribution is 7.09. The minimum Gasteiger partial charge on any atom is -0.381 e. The second-order valence-electron chi connectivity index (χ2n) is 5.47. The molecule has 6 heteroatoms. The predicted molar refractivity (Wildman–Crippen MR) is 75.2 cm³/mol. The summed E-state index contributed by atoms with van der Waals surface area (Å²) < 4.78 is 5.35. The number of carbonyl (C=O) groups excluding carboxylic acids is 1. The van der Waals surface area contributed by atoms with Crippen LogP contribution in [-0.4, -0.2) is 30.6 Å². The van der Waals surface area contributed by atoms with Gasteiger partial charge in [-0.1, -0.05) is 6.92 Å². The Kier molecular flexibility index (Phi) is 4.54. The molecule has 1 aromatic heterocycles. The van der Waals surface area contributed by atoms with E-state index in [4.69, 9.17) is 10.5 Å². The summed E-state index contributed by atoms with van der Waals surface area (Å²) in [5.74, 6) is -0.115. The number of nitrogens with one attached hydrogen (secondary N) is 1. The van der Waals surface area contributed by atoms with Gasteiger partial charge in [-0.25, -0.2) is 4.98 Å². The number of hydrogen-bond donors (Lipinski definition) is 2. The first-order valence-electron chi connectivity index (χ1n) is 6.57. The third kappa shape index (κ3) is 3.75. The molecule has 0 saturated carbocycles. The van der Waals surface area contributed by atoms with Gasteiger partial charge in [0.2, 0.25) is 0 Å². The lowest BCUT2D eigenvalue weighted by molar-refractivity contribution is 0.0238. The van der Waals surface area contributed by atoms with Gasteiger partial charge in [0.25, 0.3) is 5.91 Å². The molecule has 1 atom stereocenters. The van der Waals surface area contributed by atoms with Crippen molar-refractivity contribution >= 4 is 17.2 Å². The number of amides is 1. The molecule has 1 unspecified atom stereocenters. The minimum absolute atomic E-state index is 0.115. The predicted octanol–water partition coefficient (Wildman–Crippen LogP) is 1.71. The van der Waals surface area contributed by atoms with E-state index in [1.165, 1.54) is 11.3 Å². The van der Waals surface area contributed by atoms with Gasteiger partial charge in [0.15, 0.2) is 0 Å². The van der Waals surface area contributed by atoms with Crippen molar-refractivity contribution in [1.82, 2.24) is 10.3 Å². The smallest absolute Gasteiger partial charge is 0.270 e. The third-order valence-electron chi connectivity index (χ3n) is 3.52. The van der Waals surface area contributed by atoms with Gasteiger partial charge < -0.3 is 15.8 Å². The zero-order chi connectivity index (χ0) is 13.9. The second kappa shape index (κ2) is 5.98. The monoisotopic (exact) mass is 283 g/mol. The fourth-order valence-electron chi connectivity index (χ4n) is 2.03. The highest BCUT2D eigenvalue weighted by Crippen LogP contribution is 2.28. The Balaban J connectivity index is 1.89. The van der Waals surface area contributed by atoms with Crippen molar-refractivity contribution in [2.75, 3.05) is 19.8 Å². The van der Waals surface area contributed by atoms with E-state index in [9.17, 15) is 4.79 Å². The van der Waals surface area contributed by atoms with Crippen LogP contribution in [0.5, 0.6) is 0 Å². The van der Waals surface area contributed by atoms with Crippen LogP contribution in [0.2, 0.25) is 0 Å². The van der Waals surface area contributed by atoms with E-state index >= 15 is 0 Å². The molecule has 1 fully saturated rings. The van der Waals surface area contributed by atoms with Gasteiger partial charge in [0.1, 0.15) is 10.7 Å². The summed E-state index contributed by atoms with van der Waals surface area (Å²) in [7, 11) is 0. The number of nitrogens with zero attached hydrogens (tertiary/aromatic N) is 1. The van der Waals surface area contributed by atoms with E-state index < -0.39 is 0 Å². The lowest BCUT2D eigenvalue weighted by Gasteiger charge is -2.33. The van der Waals surface area contributed by atoms with Crippen LogP contribution in [0.25, 0.3) is 0 Å². The molecular weight excluding hydrogens is 262 g/mol. The van der Waals surface area contributed by atoms with Gasteiger partial charge >= 0.3 is 0 Å². The maximum absolute atomic E-state index is 12.0. The number of rotatable bonds is 4. The Morgan fingerprint density at radius 3 is 2.89 bits per heavy atom.